The molecule has 2 aromatic rings. The fourth-order valence-electron chi connectivity index (χ4n) is 2.75. The lowest BCUT2D eigenvalue weighted by Crippen LogP contribution is -2.43. The van der Waals surface area contributed by atoms with E-state index in [1.54, 1.807) is 37.6 Å². The Bertz CT molecular complexity index is 828. The lowest BCUT2D eigenvalue weighted by atomic mass is 10.2. The quantitative estimate of drug-likeness (QED) is 0.858. The first-order valence-electron chi connectivity index (χ1n) is 8.16. The second kappa shape index (κ2) is 7.77. The standard InChI is InChI=1S/C17H20N6O2/c1-22-16(24)9-14(11-21-22)23-7-8-25-15(12-23)4-6-20-17-13(10-18)3-2-5-19-17/h2-3,5,9,11,15H,4,6-8,12H2,1H3,(H,19,20). The van der Waals surface area contributed by atoms with E-state index in [0.29, 0.717) is 31.1 Å². The average molecular weight is 340 g/mol. The molecule has 0 amide bonds. The van der Waals surface area contributed by atoms with Crippen molar-refractivity contribution in [3.05, 3.63) is 46.5 Å². The normalized spacial score (nSPS) is 17.1. The third-order valence-electron chi connectivity index (χ3n) is 4.14. The van der Waals surface area contributed by atoms with Gasteiger partial charge in [0.25, 0.3) is 5.56 Å². The molecule has 2 aromatic heterocycles. The molecule has 0 aliphatic carbocycles. The highest BCUT2D eigenvalue weighted by molar-refractivity contribution is 5.51. The third-order valence-corrected chi connectivity index (χ3v) is 4.14. The fourth-order valence-corrected chi connectivity index (χ4v) is 2.75. The van der Waals surface area contributed by atoms with E-state index in [9.17, 15) is 4.79 Å². The van der Waals surface area contributed by atoms with E-state index < -0.39 is 0 Å². The summed E-state index contributed by atoms with van der Waals surface area (Å²) in [6, 6.07) is 7.19. The van der Waals surface area contributed by atoms with Crippen molar-refractivity contribution < 1.29 is 4.74 Å². The van der Waals surface area contributed by atoms with E-state index in [1.165, 1.54) is 4.68 Å². The summed E-state index contributed by atoms with van der Waals surface area (Å²) in [5, 5.41) is 16.3. The third kappa shape index (κ3) is 4.14. The van der Waals surface area contributed by atoms with Gasteiger partial charge in [-0.2, -0.15) is 10.4 Å². The van der Waals surface area contributed by atoms with Gasteiger partial charge in [-0.25, -0.2) is 9.67 Å². The maximum atomic E-state index is 11.8. The molecule has 0 spiro atoms. The molecule has 0 saturated carbocycles. The van der Waals surface area contributed by atoms with Crippen molar-refractivity contribution in [3.63, 3.8) is 0 Å². The van der Waals surface area contributed by atoms with E-state index >= 15 is 0 Å². The van der Waals surface area contributed by atoms with Crippen molar-refractivity contribution in [1.82, 2.24) is 14.8 Å². The molecule has 0 bridgehead atoms. The summed E-state index contributed by atoms with van der Waals surface area (Å²) in [7, 11) is 1.63. The van der Waals surface area contributed by atoms with Crippen LogP contribution >= 0.6 is 0 Å². The Balaban J connectivity index is 1.56. The molecule has 1 aliphatic rings. The molecule has 25 heavy (non-hydrogen) atoms. The van der Waals surface area contributed by atoms with Crippen molar-refractivity contribution >= 4 is 11.5 Å². The average Bonchev–Trinajstić information content (AvgIpc) is 2.64. The predicted molar refractivity (Wildman–Crippen MR) is 93.5 cm³/mol. The highest BCUT2D eigenvalue weighted by Gasteiger charge is 2.21. The first-order chi connectivity index (χ1) is 12.2. The Kier molecular flexibility index (Phi) is 5.26. The molecule has 0 aromatic carbocycles. The van der Waals surface area contributed by atoms with Crippen molar-refractivity contribution in [2.24, 2.45) is 7.05 Å². The van der Waals surface area contributed by atoms with Gasteiger partial charge in [0.2, 0.25) is 0 Å². The number of aryl methyl sites for hydroxylation is 1. The van der Waals surface area contributed by atoms with Crippen LogP contribution in [0.15, 0.2) is 35.4 Å². The maximum absolute atomic E-state index is 11.8. The number of hydrogen-bond donors (Lipinski definition) is 1. The number of aromatic nitrogens is 3. The Hall–Kier alpha value is -2.92. The minimum Gasteiger partial charge on any atom is -0.374 e. The van der Waals surface area contributed by atoms with Crippen molar-refractivity contribution in [1.29, 1.82) is 5.26 Å². The zero-order chi connectivity index (χ0) is 17.6. The topological polar surface area (TPSA) is 96.1 Å². The molecule has 8 nitrogen and oxygen atoms in total. The Morgan fingerprint density at radius 1 is 1.52 bits per heavy atom. The summed E-state index contributed by atoms with van der Waals surface area (Å²) < 4.78 is 7.12. The molecule has 1 fully saturated rings. The second-order valence-electron chi connectivity index (χ2n) is 5.84. The number of nitriles is 1. The number of nitrogens with zero attached hydrogens (tertiary/aromatic N) is 5. The van der Waals surface area contributed by atoms with Crippen molar-refractivity contribution in [2.75, 3.05) is 36.5 Å². The number of morpholine rings is 1. The molecule has 3 rings (SSSR count). The zero-order valence-electron chi connectivity index (χ0n) is 14.1. The minimum atomic E-state index is -0.124. The predicted octanol–water partition coefficient (Wildman–Crippen LogP) is 0.754. The van der Waals surface area contributed by atoms with Crippen LogP contribution in [0.2, 0.25) is 0 Å². The number of ether oxygens (including phenoxy) is 1. The molecular weight excluding hydrogens is 320 g/mol. The number of pyridine rings is 1. The highest BCUT2D eigenvalue weighted by atomic mass is 16.5. The van der Waals surface area contributed by atoms with Gasteiger partial charge >= 0.3 is 0 Å². The lowest BCUT2D eigenvalue weighted by Gasteiger charge is -2.34. The summed E-state index contributed by atoms with van der Waals surface area (Å²) in [6.45, 7) is 2.69. The summed E-state index contributed by atoms with van der Waals surface area (Å²) in [6.07, 6.45) is 4.18. The highest BCUT2D eigenvalue weighted by Crippen LogP contribution is 2.17. The summed E-state index contributed by atoms with van der Waals surface area (Å²) in [5.74, 6) is 0.591. The van der Waals surface area contributed by atoms with Gasteiger partial charge in [0, 0.05) is 38.9 Å². The van der Waals surface area contributed by atoms with Gasteiger partial charge in [0.15, 0.2) is 0 Å². The van der Waals surface area contributed by atoms with E-state index in [2.05, 4.69) is 26.4 Å². The maximum Gasteiger partial charge on any atom is 0.268 e. The number of hydrogen-bond acceptors (Lipinski definition) is 7. The molecule has 1 saturated heterocycles. The summed E-state index contributed by atoms with van der Waals surface area (Å²) in [5.41, 5.74) is 1.22. The fraction of sp³-hybridized carbons (Fsp3) is 0.412. The first-order valence-corrected chi connectivity index (χ1v) is 8.16. The Morgan fingerprint density at radius 2 is 2.40 bits per heavy atom. The molecule has 1 aliphatic heterocycles. The molecular formula is C17H20N6O2. The summed E-state index contributed by atoms with van der Waals surface area (Å²) >= 11 is 0. The monoisotopic (exact) mass is 340 g/mol. The molecule has 1 unspecified atom stereocenters. The number of anilines is 2. The zero-order valence-corrected chi connectivity index (χ0v) is 14.1. The van der Waals surface area contributed by atoms with Crippen LogP contribution in [-0.4, -0.2) is 47.1 Å². The lowest BCUT2D eigenvalue weighted by molar-refractivity contribution is 0.0374. The van der Waals surface area contributed by atoms with Gasteiger partial charge in [-0.05, 0) is 18.6 Å². The van der Waals surface area contributed by atoms with Crippen LogP contribution in [-0.2, 0) is 11.8 Å². The molecule has 130 valence electrons. The van der Waals surface area contributed by atoms with Crippen LogP contribution in [0.4, 0.5) is 11.5 Å². The van der Waals surface area contributed by atoms with Gasteiger partial charge in [-0.15, -0.1) is 0 Å². The molecule has 0 radical (unpaired) electrons. The largest absolute Gasteiger partial charge is 0.374 e. The number of nitrogens with one attached hydrogen (secondary N) is 1. The van der Waals surface area contributed by atoms with Crippen LogP contribution in [0.3, 0.4) is 0 Å². The summed E-state index contributed by atoms with van der Waals surface area (Å²) in [4.78, 5) is 18.1. The molecule has 1 atom stereocenters. The van der Waals surface area contributed by atoms with Crippen molar-refractivity contribution in [3.8, 4) is 6.07 Å². The van der Waals surface area contributed by atoms with Gasteiger partial charge in [0.05, 0.1) is 30.2 Å². The molecule has 1 N–H and O–H groups in total. The smallest absolute Gasteiger partial charge is 0.268 e. The Labute approximate surface area is 145 Å². The van der Waals surface area contributed by atoms with Crippen LogP contribution < -0.4 is 15.8 Å². The van der Waals surface area contributed by atoms with E-state index in [-0.39, 0.29) is 11.7 Å². The van der Waals surface area contributed by atoms with E-state index in [1.807, 2.05) is 0 Å². The van der Waals surface area contributed by atoms with Crippen LogP contribution in [0.1, 0.15) is 12.0 Å². The van der Waals surface area contributed by atoms with Crippen molar-refractivity contribution in [2.45, 2.75) is 12.5 Å². The van der Waals surface area contributed by atoms with Gasteiger partial charge in [-0.3, -0.25) is 4.79 Å². The van der Waals surface area contributed by atoms with Gasteiger partial charge in [-0.1, -0.05) is 0 Å². The minimum absolute atomic E-state index is 0.0413. The molecule has 3 heterocycles. The SMILES string of the molecule is Cn1ncc(N2CCOC(CCNc3ncccc3C#N)C2)cc1=O. The second-order valence-corrected chi connectivity index (χ2v) is 5.84. The van der Waals surface area contributed by atoms with Crippen LogP contribution in [0, 0.1) is 11.3 Å². The molecule has 8 heteroatoms. The first kappa shape index (κ1) is 16.9. The van der Waals surface area contributed by atoms with Crippen LogP contribution in [0.25, 0.3) is 0 Å². The van der Waals surface area contributed by atoms with Gasteiger partial charge < -0.3 is 15.0 Å². The van der Waals surface area contributed by atoms with E-state index in [0.717, 1.165) is 18.7 Å². The Morgan fingerprint density at radius 3 is 3.20 bits per heavy atom. The van der Waals surface area contributed by atoms with E-state index in [4.69, 9.17) is 10.00 Å². The van der Waals surface area contributed by atoms with Crippen LogP contribution in [0.5, 0.6) is 0 Å². The van der Waals surface area contributed by atoms with Gasteiger partial charge in [0.1, 0.15) is 11.9 Å². The number of rotatable bonds is 5.